The summed E-state index contributed by atoms with van der Waals surface area (Å²) in [6.45, 7) is 16.2. The summed E-state index contributed by atoms with van der Waals surface area (Å²) in [5.41, 5.74) is 2.56. The van der Waals surface area contributed by atoms with Crippen molar-refractivity contribution in [2.24, 2.45) is 23.7 Å². The Balaban J connectivity index is 1.83. The molecule has 3 aliphatic rings. The van der Waals surface area contributed by atoms with E-state index in [1.807, 2.05) is 13.8 Å². The maximum absolute atomic E-state index is 12.2. The fourth-order valence-corrected chi connectivity index (χ4v) is 4.23. The topological polar surface area (TPSA) is 52.6 Å². The van der Waals surface area contributed by atoms with Gasteiger partial charge in [0.2, 0.25) is 0 Å². The summed E-state index contributed by atoms with van der Waals surface area (Å²) in [5, 5.41) is 0. The number of carbonyl (C=O) groups excluding carboxylic acids is 2. The van der Waals surface area contributed by atoms with Gasteiger partial charge in [0.1, 0.15) is 12.2 Å². The molecule has 0 spiro atoms. The average molecular weight is 330 g/mol. The lowest BCUT2D eigenvalue weighted by atomic mass is 9.82. The van der Waals surface area contributed by atoms with Gasteiger partial charge < -0.3 is 9.47 Å². The molecule has 3 rings (SSSR count). The van der Waals surface area contributed by atoms with Crippen LogP contribution in [0.25, 0.3) is 0 Å². The lowest BCUT2D eigenvalue weighted by molar-refractivity contribution is -0.151. The smallest absolute Gasteiger partial charge is 0.334 e. The van der Waals surface area contributed by atoms with Crippen LogP contribution in [0.2, 0.25) is 0 Å². The summed E-state index contributed by atoms with van der Waals surface area (Å²) in [6.07, 6.45) is 2.57. The molecule has 2 saturated carbocycles. The maximum atomic E-state index is 12.2. The Morgan fingerprint density at radius 3 is 2.71 bits per heavy atom. The third kappa shape index (κ3) is 2.62. The molecular weight excluding hydrogens is 304 g/mol. The van der Waals surface area contributed by atoms with E-state index in [1.54, 1.807) is 0 Å². The molecule has 24 heavy (non-hydrogen) atoms. The van der Waals surface area contributed by atoms with Crippen molar-refractivity contribution in [3.63, 3.8) is 0 Å². The monoisotopic (exact) mass is 330 g/mol. The van der Waals surface area contributed by atoms with Gasteiger partial charge in [0.15, 0.2) is 0 Å². The molecule has 1 heterocycles. The Hall–Kier alpha value is -1.84. The quantitative estimate of drug-likeness (QED) is 0.451. The number of hydrogen-bond acceptors (Lipinski definition) is 4. The van der Waals surface area contributed by atoms with E-state index in [2.05, 4.69) is 19.7 Å². The van der Waals surface area contributed by atoms with Gasteiger partial charge in [-0.15, -0.1) is 0 Å². The van der Waals surface area contributed by atoms with Crippen molar-refractivity contribution in [2.75, 3.05) is 0 Å². The van der Waals surface area contributed by atoms with Crippen LogP contribution in [0.15, 0.2) is 36.5 Å². The van der Waals surface area contributed by atoms with Gasteiger partial charge >= 0.3 is 11.9 Å². The number of fused-ring (bicyclic) bond motifs is 3. The highest BCUT2D eigenvalue weighted by molar-refractivity contribution is 5.91. The summed E-state index contributed by atoms with van der Waals surface area (Å²) in [5.74, 6) is -0.462. The molecule has 4 heteroatoms. The van der Waals surface area contributed by atoms with Crippen molar-refractivity contribution in [3.8, 4) is 0 Å². The van der Waals surface area contributed by atoms with Gasteiger partial charge in [0.25, 0.3) is 0 Å². The van der Waals surface area contributed by atoms with Crippen molar-refractivity contribution in [1.82, 2.24) is 0 Å². The highest BCUT2D eigenvalue weighted by atomic mass is 16.6. The molecular formula is C20H26O4. The number of carbonyl (C=O) groups is 2. The zero-order chi connectivity index (χ0) is 17.6. The zero-order valence-electron chi connectivity index (χ0n) is 14.5. The van der Waals surface area contributed by atoms with Crippen molar-refractivity contribution in [2.45, 2.75) is 51.7 Å². The SMILES string of the molecule is C=C1C(=O)OC2C1CCC(=C)C1CC(OC(=O)C(C)CC)C(=C)C12. The minimum atomic E-state index is -0.315. The van der Waals surface area contributed by atoms with Crippen LogP contribution in [0.5, 0.6) is 0 Å². The van der Waals surface area contributed by atoms with Gasteiger partial charge in [-0.25, -0.2) is 4.79 Å². The molecule has 4 nitrogen and oxygen atoms in total. The normalized spacial score (nSPS) is 36.7. The Morgan fingerprint density at radius 2 is 2.04 bits per heavy atom. The molecule has 0 radical (unpaired) electrons. The van der Waals surface area contributed by atoms with Crippen LogP contribution >= 0.6 is 0 Å². The first-order valence-electron chi connectivity index (χ1n) is 8.81. The predicted octanol–water partition coefficient (Wildman–Crippen LogP) is 3.58. The first-order chi connectivity index (χ1) is 11.3. The van der Waals surface area contributed by atoms with Crippen LogP contribution in [0.4, 0.5) is 0 Å². The first-order valence-corrected chi connectivity index (χ1v) is 8.81. The van der Waals surface area contributed by atoms with E-state index in [0.29, 0.717) is 12.0 Å². The molecule has 0 aromatic carbocycles. The predicted molar refractivity (Wildman–Crippen MR) is 91.0 cm³/mol. The lowest BCUT2D eigenvalue weighted by Crippen LogP contribution is -2.30. The molecule has 3 fully saturated rings. The largest absolute Gasteiger partial charge is 0.458 e. The molecule has 130 valence electrons. The number of rotatable bonds is 3. The average Bonchev–Trinajstić information content (AvgIpc) is 2.97. The van der Waals surface area contributed by atoms with Crippen molar-refractivity contribution in [1.29, 1.82) is 0 Å². The fourth-order valence-electron chi connectivity index (χ4n) is 4.23. The number of ether oxygens (including phenoxy) is 2. The molecule has 6 atom stereocenters. The van der Waals surface area contributed by atoms with Crippen LogP contribution in [0.1, 0.15) is 39.5 Å². The lowest BCUT2D eigenvalue weighted by Gasteiger charge is -2.26. The Bertz CT molecular complexity index is 617. The van der Waals surface area contributed by atoms with Crippen LogP contribution in [-0.4, -0.2) is 24.1 Å². The van der Waals surface area contributed by atoms with Crippen molar-refractivity contribution in [3.05, 3.63) is 36.5 Å². The second-order valence-electron chi connectivity index (χ2n) is 7.38. The van der Waals surface area contributed by atoms with Gasteiger partial charge in [-0.2, -0.15) is 0 Å². The minimum absolute atomic E-state index is 0.0185. The maximum Gasteiger partial charge on any atom is 0.334 e. The van der Waals surface area contributed by atoms with Gasteiger partial charge in [0, 0.05) is 17.4 Å². The van der Waals surface area contributed by atoms with Crippen molar-refractivity contribution < 1.29 is 19.1 Å². The number of allylic oxidation sites excluding steroid dienone is 1. The molecule has 0 aromatic rings. The summed E-state index contributed by atoms with van der Waals surface area (Å²) in [6, 6.07) is 0. The van der Waals surface area contributed by atoms with E-state index in [1.165, 1.54) is 0 Å². The van der Waals surface area contributed by atoms with Gasteiger partial charge in [-0.3, -0.25) is 4.79 Å². The van der Waals surface area contributed by atoms with E-state index in [4.69, 9.17) is 9.47 Å². The Kier molecular flexibility index (Phi) is 4.41. The molecule has 1 aliphatic heterocycles. The van der Waals surface area contributed by atoms with Crippen LogP contribution < -0.4 is 0 Å². The molecule has 0 aromatic heterocycles. The van der Waals surface area contributed by atoms with Gasteiger partial charge in [-0.05, 0) is 37.2 Å². The van der Waals surface area contributed by atoms with Crippen LogP contribution in [-0.2, 0) is 19.1 Å². The number of hydrogen-bond donors (Lipinski definition) is 0. The van der Waals surface area contributed by atoms with E-state index in [-0.39, 0.29) is 47.8 Å². The molecule has 0 N–H and O–H groups in total. The Labute approximate surface area is 143 Å². The second kappa shape index (κ2) is 6.23. The summed E-state index contributed by atoms with van der Waals surface area (Å²) in [7, 11) is 0. The molecule has 2 aliphatic carbocycles. The van der Waals surface area contributed by atoms with E-state index in [9.17, 15) is 9.59 Å². The van der Waals surface area contributed by atoms with Crippen LogP contribution in [0.3, 0.4) is 0 Å². The fraction of sp³-hybridized carbons (Fsp3) is 0.600. The van der Waals surface area contributed by atoms with Crippen molar-refractivity contribution >= 4 is 11.9 Å². The highest BCUT2D eigenvalue weighted by Gasteiger charge is 2.53. The van der Waals surface area contributed by atoms with Gasteiger partial charge in [-0.1, -0.05) is 39.2 Å². The third-order valence-corrected chi connectivity index (χ3v) is 6.02. The first kappa shape index (κ1) is 17.0. The zero-order valence-corrected chi connectivity index (χ0v) is 14.5. The molecule has 6 unspecified atom stereocenters. The highest BCUT2D eigenvalue weighted by Crippen LogP contribution is 2.52. The van der Waals surface area contributed by atoms with Crippen LogP contribution in [0, 0.1) is 23.7 Å². The van der Waals surface area contributed by atoms with E-state index < -0.39 is 0 Å². The van der Waals surface area contributed by atoms with E-state index >= 15 is 0 Å². The Morgan fingerprint density at radius 1 is 1.33 bits per heavy atom. The summed E-state index contributed by atoms with van der Waals surface area (Å²) >= 11 is 0. The van der Waals surface area contributed by atoms with Gasteiger partial charge in [0.05, 0.1) is 5.92 Å². The third-order valence-electron chi connectivity index (χ3n) is 6.02. The molecule has 0 amide bonds. The van der Waals surface area contributed by atoms with E-state index in [0.717, 1.165) is 30.4 Å². The summed E-state index contributed by atoms with van der Waals surface area (Å²) < 4.78 is 11.3. The molecule has 0 bridgehead atoms. The number of esters is 2. The molecule has 1 saturated heterocycles. The second-order valence-corrected chi connectivity index (χ2v) is 7.38. The summed E-state index contributed by atoms with van der Waals surface area (Å²) in [4.78, 5) is 24.1. The standard InChI is InChI=1S/C20H26O4/c1-6-10(2)19(21)23-16-9-15-11(3)7-8-14-12(4)20(22)24-18(14)17(15)13(16)5/h10,14-18H,3-9H2,1-2H3. The minimum Gasteiger partial charge on any atom is -0.458 e.